The third kappa shape index (κ3) is 5.16. The van der Waals surface area contributed by atoms with Crippen molar-refractivity contribution in [3.8, 4) is 0 Å². The Labute approximate surface area is 141 Å². The van der Waals surface area contributed by atoms with Crippen LogP contribution in [-0.4, -0.2) is 31.1 Å². The van der Waals surface area contributed by atoms with E-state index in [2.05, 4.69) is 16.8 Å². The fourth-order valence-corrected chi connectivity index (χ4v) is 2.60. The number of hydrogen-bond donors (Lipinski definition) is 1. The van der Waals surface area contributed by atoms with Gasteiger partial charge in [-0.3, -0.25) is 4.90 Å². The Balaban J connectivity index is 0.00000220. The van der Waals surface area contributed by atoms with Gasteiger partial charge in [-0.15, -0.1) is 31.4 Å². The van der Waals surface area contributed by atoms with Crippen molar-refractivity contribution in [3.63, 3.8) is 0 Å². The summed E-state index contributed by atoms with van der Waals surface area (Å²) in [7, 11) is 0. The average Bonchev–Trinajstić information content (AvgIpc) is 2.46. The smallest absolute Gasteiger partial charge is 0.194 e. The Bertz CT molecular complexity index is 457. The van der Waals surface area contributed by atoms with Crippen molar-refractivity contribution in [1.82, 2.24) is 10.2 Å². The molecule has 1 aliphatic rings. The van der Waals surface area contributed by atoms with Crippen LogP contribution < -0.4 is 5.32 Å². The van der Waals surface area contributed by atoms with Gasteiger partial charge in [0, 0.05) is 32.2 Å². The molecule has 1 aliphatic heterocycles. The first-order valence-corrected chi connectivity index (χ1v) is 6.83. The average molecular weight is 357 g/mol. The Kier molecular flexibility index (Phi) is 9.76. The summed E-state index contributed by atoms with van der Waals surface area (Å²) in [6.45, 7) is 6.99. The number of nitrogens with one attached hydrogen (secondary N) is 1. The van der Waals surface area contributed by atoms with Gasteiger partial charge in [0.15, 0.2) is 17.5 Å². The molecule has 0 unspecified atom stereocenters. The molecule has 1 aromatic carbocycles. The van der Waals surface area contributed by atoms with Gasteiger partial charge in [-0.2, -0.15) is 0 Å². The second-order valence-electron chi connectivity index (χ2n) is 4.97. The summed E-state index contributed by atoms with van der Waals surface area (Å²) >= 11 is 0. The summed E-state index contributed by atoms with van der Waals surface area (Å²) in [5.41, 5.74) is 0.491. The predicted molar refractivity (Wildman–Crippen MR) is 87.4 cm³/mol. The minimum atomic E-state index is -1.41. The van der Waals surface area contributed by atoms with E-state index in [1.54, 1.807) is 6.08 Å². The van der Waals surface area contributed by atoms with Crippen molar-refractivity contribution in [3.05, 3.63) is 47.8 Å². The summed E-state index contributed by atoms with van der Waals surface area (Å²) in [6.07, 6.45) is 3.24. The SMILES string of the molecule is C=CCC[C@@H](c1cc(F)c(F)c(F)c1)N1CCNCC1.Cl.Cl. The van der Waals surface area contributed by atoms with Crippen LogP contribution in [0.25, 0.3) is 0 Å². The largest absolute Gasteiger partial charge is 0.314 e. The number of nitrogens with zero attached hydrogens (tertiary/aromatic N) is 1. The van der Waals surface area contributed by atoms with E-state index < -0.39 is 17.5 Å². The lowest BCUT2D eigenvalue weighted by Crippen LogP contribution is -2.45. The van der Waals surface area contributed by atoms with Crippen LogP contribution in [0.5, 0.6) is 0 Å². The van der Waals surface area contributed by atoms with Crippen LogP contribution in [0.1, 0.15) is 24.4 Å². The number of rotatable bonds is 5. The summed E-state index contributed by atoms with van der Waals surface area (Å²) in [6, 6.07) is 2.10. The zero-order chi connectivity index (χ0) is 14.5. The van der Waals surface area contributed by atoms with E-state index in [-0.39, 0.29) is 30.9 Å². The van der Waals surface area contributed by atoms with Crippen LogP contribution in [-0.2, 0) is 0 Å². The maximum absolute atomic E-state index is 13.4. The van der Waals surface area contributed by atoms with Gasteiger partial charge >= 0.3 is 0 Å². The molecule has 1 heterocycles. The predicted octanol–water partition coefficient (Wildman–Crippen LogP) is 3.86. The van der Waals surface area contributed by atoms with Crippen molar-refractivity contribution >= 4 is 24.8 Å². The number of halogens is 5. The monoisotopic (exact) mass is 356 g/mol. The van der Waals surface area contributed by atoms with Gasteiger partial charge in [0.2, 0.25) is 0 Å². The van der Waals surface area contributed by atoms with Crippen molar-refractivity contribution in [1.29, 1.82) is 0 Å². The van der Waals surface area contributed by atoms with Crippen LogP contribution in [0.2, 0.25) is 0 Å². The van der Waals surface area contributed by atoms with Gasteiger partial charge in [0.1, 0.15) is 0 Å². The molecule has 0 amide bonds. The maximum atomic E-state index is 13.4. The van der Waals surface area contributed by atoms with Gasteiger partial charge in [0.25, 0.3) is 0 Å². The van der Waals surface area contributed by atoms with E-state index >= 15 is 0 Å². The Morgan fingerprint density at radius 1 is 1.14 bits per heavy atom. The lowest BCUT2D eigenvalue weighted by atomic mass is 9.99. The first kappa shape index (κ1) is 21.2. The summed E-state index contributed by atoms with van der Waals surface area (Å²) in [5, 5.41) is 3.24. The molecular formula is C15H21Cl2F3N2. The van der Waals surface area contributed by atoms with E-state index in [0.29, 0.717) is 12.0 Å². The first-order valence-electron chi connectivity index (χ1n) is 6.83. The normalized spacial score (nSPS) is 16.3. The molecular weight excluding hydrogens is 336 g/mol. The minimum absolute atomic E-state index is 0. The Morgan fingerprint density at radius 2 is 1.68 bits per heavy atom. The highest BCUT2D eigenvalue weighted by molar-refractivity contribution is 5.85. The van der Waals surface area contributed by atoms with Crippen LogP contribution in [0, 0.1) is 17.5 Å². The van der Waals surface area contributed by atoms with Crippen LogP contribution in [0.15, 0.2) is 24.8 Å². The topological polar surface area (TPSA) is 15.3 Å². The van der Waals surface area contributed by atoms with Gasteiger partial charge in [-0.05, 0) is 30.5 Å². The third-order valence-corrected chi connectivity index (χ3v) is 3.63. The number of piperazine rings is 1. The Hall–Kier alpha value is -0.750. The summed E-state index contributed by atoms with van der Waals surface area (Å²) < 4.78 is 39.9. The van der Waals surface area contributed by atoms with Crippen LogP contribution >= 0.6 is 24.8 Å². The molecule has 0 saturated carbocycles. The fourth-order valence-electron chi connectivity index (χ4n) is 2.60. The maximum Gasteiger partial charge on any atom is 0.194 e. The Morgan fingerprint density at radius 3 is 2.18 bits per heavy atom. The minimum Gasteiger partial charge on any atom is -0.314 e. The molecule has 0 radical (unpaired) electrons. The fraction of sp³-hybridized carbons (Fsp3) is 0.467. The van der Waals surface area contributed by atoms with Gasteiger partial charge in [0.05, 0.1) is 0 Å². The van der Waals surface area contributed by atoms with Crippen molar-refractivity contribution < 1.29 is 13.2 Å². The molecule has 1 N–H and O–H groups in total. The van der Waals surface area contributed by atoms with E-state index in [4.69, 9.17) is 0 Å². The highest BCUT2D eigenvalue weighted by Crippen LogP contribution is 2.28. The standard InChI is InChI=1S/C15H19F3N2.2ClH/c1-2-3-4-14(20-7-5-19-6-8-20)11-9-12(16)15(18)13(17)10-11;;/h2,9-10,14,19H,1,3-8H2;2*1H/t14-;;/m0../s1. The van der Waals surface area contributed by atoms with Gasteiger partial charge < -0.3 is 5.32 Å². The molecule has 0 aliphatic carbocycles. The lowest BCUT2D eigenvalue weighted by Gasteiger charge is -2.35. The zero-order valence-electron chi connectivity index (χ0n) is 12.2. The number of hydrogen-bond acceptors (Lipinski definition) is 2. The van der Waals surface area contributed by atoms with E-state index in [9.17, 15) is 13.2 Å². The molecule has 0 spiro atoms. The molecule has 1 atom stereocenters. The molecule has 1 aromatic rings. The molecule has 126 valence electrons. The third-order valence-electron chi connectivity index (χ3n) is 3.63. The first-order chi connectivity index (χ1) is 9.63. The van der Waals surface area contributed by atoms with Crippen molar-refractivity contribution in [2.24, 2.45) is 0 Å². The summed E-state index contributed by atoms with van der Waals surface area (Å²) in [4.78, 5) is 2.17. The molecule has 1 saturated heterocycles. The quantitative estimate of drug-likeness (QED) is 0.636. The van der Waals surface area contributed by atoms with E-state index in [0.717, 1.165) is 44.7 Å². The highest BCUT2D eigenvalue weighted by Gasteiger charge is 2.24. The molecule has 0 bridgehead atoms. The van der Waals surface area contributed by atoms with Crippen molar-refractivity contribution in [2.45, 2.75) is 18.9 Å². The molecule has 2 nitrogen and oxygen atoms in total. The molecule has 1 fully saturated rings. The molecule has 7 heteroatoms. The lowest BCUT2D eigenvalue weighted by molar-refractivity contribution is 0.165. The molecule has 22 heavy (non-hydrogen) atoms. The van der Waals surface area contributed by atoms with Gasteiger partial charge in [-0.1, -0.05) is 6.08 Å². The zero-order valence-corrected chi connectivity index (χ0v) is 13.8. The second-order valence-corrected chi connectivity index (χ2v) is 4.97. The van der Waals surface area contributed by atoms with Gasteiger partial charge in [-0.25, -0.2) is 13.2 Å². The van der Waals surface area contributed by atoms with Crippen LogP contribution in [0.4, 0.5) is 13.2 Å². The number of allylic oxidation sites excluding steroid dienone is 1. The van der Waals surface area contributed by atoms with E-state index in [1.165, 1.54) is 0 Å². The second kappa shape index (κ2) is 10.1. The summed E-state index contributed by atoms with van der Waals surface area (Å²) in [5.74, 6) is -3.66. The number of benzene rings is 1. The molecule has 2 rings (SSSR count). The molecule has 0 aromatic heterocycles. The van der Waals surface area contributed by atoms with Crippen LogP contribution in [0.3, 0.4) is 0 Å². The van der Waals surface area contributed by atoms with E-state index in [1.807, 2.05) is 0 Å². The van der Waals surface area contributed by atoms with Crippen molar-refractivity contribution in [2.75, 3.05) is 26.2 Å². The highest BCUT2D eigenvalue weighted by atomic mass is 35.5.